The van der Waals surface area contributed by atoms with Crippen LogP contribution in [0.3, 0.4) is 0 Å². The van der Waals surface area contributed by atoms with Crippen LogP contribution in [-0.2, 0) is 16.4 Å². The van der Waals surface area contributed by atoms with Crippen molar-refractivity contribution in [2.24, 2.45) is 0 Å². The zero-order valence-corrected chi connectivity index (χ0v) is 12.8. The third kappa shape index (κ3) is 2.74. The maximum Gasteiger partial charge on any atom is 0.261 e. The number of rotatable bonds is 3. The fourth-order valence-electron chi connectivity index (χ4n) is 2.38. The summed E-state index contributed by atoms with van der Waals surface area (Å²) >= 11 is 0. The van der Waals surface area contributed by atoms with E-state index >= 15 is 0 Å². The Hall–Kier alpha value is -2.01. The molecule has 0 saturated carbocycles. The van der Waals surface area contributed by atoms with E-state index in [1.54, 1.807) is 18.2 Å². The number of ether oxygens (including phenoxy) is 1. The zero-order chi connectivity index (χ0) is 15.0. The van der Waals surface area contributed by atoms with Crippen molar-refractivity contribution in [1.82, 2.24) is 0 Å². The van der Waals surface area contributed by atoms with Crippen LogP contribution in [-0.4, -0.2) is 15.0 Å². The Morgan fingerprint density at radius 2 is 1.90 bits per heavy atom. The standard InChI is InChI=1S/C16H17NO3S/c1-11-3-4-12(2)15(9-11)17-21(18,19)14-5-6-16-13(10-14)7-8-20-16/h3-6,9-10,17H,7-8H2,1-2H3. The van der Waals surface area contributed by atoms with E-state index < -0.39 is 10.0 Å². The van der Waals surface area contributed by atoms with Gasteiger partial charge in [0.1, 0.15) is 5.75 Å². The summed E-state index contributed by atoms with van der Waals surface area (Å²) in [4.78, 5) is 0.271. The van der Waals surface area contributed by atoms with Crippen LogP contribution < -0.4 is 9.46 Å². The van der Waals surface area contributed by atoms with Gasteiger partial charge in [0.05, 0.1) is 17.2 Å². The summed E-state index contributed by atoms with van der Waals surface area (Å²) in [6, 6.07) is 10.7. The highest BCUT2D eigenvalue weighted by Gasteiger charge is 2.19. The topological polar surface area (TPSA) is 55.4 Å². The molecule has 21 heavy (non-hydrogen) atoms. The van der Waals surface area contributed by atoms with E-state index in [1.807, 2.05) is 32.0 Å². The van der Waals surface area contributed by atoms with Crippen molar-refractivity contribution in [3.05, 3.63) is 53.1 Å². The Labute approximate surface area is 124 Å². The summed E-state index contributed by atoms with van der Waals surface area (Å²) < 4.78 is 33.1. The van der Waals surface area contributed by atoms with Crippen molar-refractivity contribution in [3.8, 4) is 5.75 Å². The first kappa shape index (κ1) is 13.9. The van der Waals surface area contributed by atoms with Gasteiger partial charge in [-0.05, 0) is 54.8 Å². The monoisotopic (exact) mass is 303 g/mol. The Morgan fingerprint density at radius 1 is 1.10 bits per heavy atom. The van der Waals surface area contributed by atoms with Gasteiger partial charge in [0.15, 0.2) is 0 Å². The number of anilines is 1. The molecule has 4 nitrogen and oxygen atoms in total. The number of nitrogens with one attached hydrogen (secondary N) is 1. The van der Waals surface area contributed by atoms with Crippen molar-refractivity contribution in [1.29, 1.82) is 0 Å². The zero-order valence-electron chi connectivity index (χ0n) is 12.0. The number of aryl methyl sites for hydroxylation is 2. The molecule has 2 aromatic carbocycles. The molecule has 5 heteroatoms. The first-order valence-corrected chi connectivity index (χ1v) is 8.30. The predicted octanol–water partition coefficient (Wildman–Crippen LogP) is 3.04. The van der Waals surface area contributed by atoms with Crippen LogP contribution in [0, 0.1) is 13.8 Å². The number of fused-ring (bicyclic) bond motifs is 1. The smallest absolute Gasteiger partial charge is 0.261 e. The molecular formula is C16H17NO3S. The molecule has 1 aliphatic rings. The van der Waals surface area contributed by atoms with Gasteiger partial charge in [-0.3, -0.25) is 4.72 Å². The molecule has 0 fully saturated rings. The quantitative estimate of drug-likeness (QED) is 0.948. The highest BCUT2D eigenvalue weighted by molar-refractivity contribution is 7.92. The highest BCUT2D eigenvalue weighted by atomic mass is 32.2. The van der Waals surface area contributed by atoms with Gasteiger partial charge in [0.2, 0.25) is 0 Å². The van der Waals surface area contributed by atoms with Crippen molar-refractivity contribution < 1.29 is 13.2 Å². The lowest BCUT2D eigenvalue weighted by Gasteiger charge is -2.12. The third-order valence-corrected chi connectivity index (χ3v) is 4.97. The predicted molar refractivity (Wildman–Crippen MR) is 82.4 cm³/mol. The normalized spacial score (nSPS) is 13.6. The van der Waals surface area contributed by atoms with Gasteiger partial charge in [0, 0.05) is 6.42 Å². The first-order valence-electron chi connectivity index (χ1n) is 6.81. The van der Waals surface area contributed by atoms with E-state index in [1.165, 1.54) is 0 Å². The van der Waals surface area contributed by atoms with E-state index in [0.717, 1.165) is 28.9 Å². The molecule has 0 aliphatic carbocycles. The number of sulfonamides is 1. The number of benzene rings is 2. The van der Waals surface area contributed by atoms with Crippen LogP contribution in [0.25, 0.3) is 0 Å². The van der Waals surface area contributed by atoms with Crippen LogP contribution >= 0.6 is 0 Å². The van der Waals surface area contributed by atoms with Gasteiger partial charge in [-0.1, -0.05) is 12.1 Å². The van der Waals surface area contributed by atoms with E-state index in [0.29, 0.717) is 12.3 Å². The fraction of sp³-hybridized carbons (Fsp3) is 0.250. The van der Waals surface area contributed by atoms with Gasteiger partial charge in [-0.2, -0.15) is 0 Å². The molecule has 0 atom stereocenters. The van der Waals surface area contributed by atoms with Crippen LogP contribution in [0.2, 0.25) is 0 Å². The lowest BCUT2D eigenvalue weighted by molar-refractivity contribution is 0.356. The van der Waals surface area contributed by atoms with Crippen LogP contribution in [0.4, 0.5) is 5.69 Å². The maximum atomic E-state index is 12.5. The second-order valence-corrected chi connectivity index (χ2v) is 6.97. The van der Waals surface area contributed by atoms with Crippen molar-refractivity contribution >= 4 is 15.7 Å². The number of hydrogen-bond donors (Lipinski definition) is 1. The average Bonchev–Trinajstić information content (AvgIpc) is 2.90. The lowest BCUT2D eigenvalue weighted by Crippen LogP contribution is -2.14. The van der Waals surface area contributed by atoms with Crippen molar-refractivity contribution in [2.45, 2.75) is 25.2 Å². The van der Waals surface area contributed by atoms with Crippen molar-refractivity contribution in [2.75, 3.05) is 11.3 Å². The fourth-order valence-corrected chi connectivity index (χ4v) is 3.55. The summed E-state index contributed by atoms with van der Waals surface area (Å²) in [6.07, 6.45) is 0.752. The van der Waals surface area contributed by atoms with E-state index in [9.17, 15) is 8.42 Å². The second-order valence-electron chi connectivity index (χ2n) is 5.29. The molecular weight excluding hydrogens is 286 g/mol. The Kier molecular flexibility index (Phi) is 3.37. The van der Waals surface area contributed by atoms with E-state index in [2.05, 4.69) is 4.72 Å². The first-order chi connectivity index (χ1) is 9.95. The highest BCUT2D eigenvalue weighted by Crippen LogP contribution is 2.29. The Bertz CT molecular complexity index is 797. The van der Waals surface area contributed by atoms with Crippen LogP contribution in [0.5, 0.6) is 5.75 Å². The Morgan fingerprint density at radius 3 is 2.71 bits per heavy atom. The summed E-state index contributed by atoms with van der Waals surface area (Å²) in [5.41, 5.74) is 3.47. The molecule has 0 saturated heterocycles. The molecule has 0 amide bonds. The van der Waals surface area contributed by atoms with Crippen LogP contribution in [0.15, 0.2) is 41.3 Å². The van der Waals surface area contributed by atoms with Gasteiger partial charge in [-0.15, -0.1) is 0 Å². The molecule has 0 bridgehead atoms. The molecule has 0 spiro atoms. The molecule has 0 unspecified atom stereocenters. The maximum absolute atomic E-state index is 12.5. The van der Waals surface area contributed by atoms with Crippen molar-refractivity contribution in [3.63, 3.8) is 0 Å². The van der Waals surface area contributed by atoms with Gasteiger partial charge in [-0.25, -0.2) is 8.42 Å². The molecule has 1 aliphatic heterocycles. The van der Waals surface area contributed by atoms with Gasteiger partial charge >= 0.3 is 0 Å². The van der Waals surface area contributed by atoms with Gasteiger partial charge < -0.3 is 4.74 Å². The molecule has 3 rings (SSSR count). The molecule has 1 N–H and O–H groups in total. The van der Waals surface area contributed by atoms with E-state index in [-0.39, 0.29) is 4.90 Å². The summed E-state index contributed by atoms with van der Waals surface area (Å²) in [6.45, 7) is 4.43. The van der Waals surface area contributed by atoms with E-state index in [4.69, 9.17) is 4.74 Å². The number of hydrogen-bond acceptors (Lipinski definition) is 3. The molecule has 0 aromatic heterocycles. The summed E-state index contributed by atoms with van der Waals surface area (Å²) in [5, 5.41) is 0. The molecule has 110 valence electrons. The Balaban J connectivity index is 1.95. The third-order valence-electron chi connectivity index (χ3n) is 3.61. The summed E-state index contributed by atoms with van der Waals surface area (Å²) in [7, 11) is -3.58. The largest absolute Gasteiger partial charge is 0.493 e. The lowest BCUT2D eigenvalue weighted by atomic mass is 10.1. The van der Waals surface area contributed by atoms with Crippen LogP contribution in [0.1, 0.15) is 16.7 Å². The molecule has 0 radical (unpaired) electrons. The average molecular weight is 303 g/mol. The minimum Gasteiger partial charge on any atom is -0.493 e. The molecule has 2 aromatic rings. The minimum atomic E-state index is -3.58. The minimum absolute atomic E-state index is 0.271. The SMILES string of the molecule is Cc1ccc(C)c(NS(=O)(=O)c2ccc3c(c2)CCO3)c1. The second kappa shape index (κ2) is 5.07. The summed E-state index contributed by atoms with van der Waals surface area (Å²) in [5.74, 6) is 0.778. The van der Waals surface area contributed by atoms with Gasteiger partial charge in [0.25, 0.3) is 10.0 Å². The molecule has 1 heterocycles.